The Kier molecular flexibility index (Phi) is 4.29. The molecule has 1 N–H and O–H groups in total. The zero-order chi connectivity index (χ0) is 22.5. The van der Waals surface area contributed by atoms with Crippen LogP contribution in [-0.2, 0) is 31.7 Å². The van der Waals surface area contributed by atoms with Gasteiger partial charge >= 0.3 is 0 Å². The van der Waals surface area contributed by atoms with Crippen LogP contribution in [0.15, 0.2) is 42.5 Å². The topological polar surface area (TPSA) is 83.9 Å². The number of amides is 2. The number of hydrogen-bond acceptors (Lipinski definition) is 5. The molecule has 32 heavy (non-hydrogen) atoms. The van der Waals surface area contributed by atoms with Gasteiger partial charge in [-0.3, -0.25) is 18.7 Å². The van der Waals surface area contributed by atoms with Crippen molar-refractivity contribution in [2.45, 2.75) is 62.7 Å². The van der Waals surface area contributed by atoms with Crippen molar-refractivity contribution in [3.8, 4) is 0 Å². The van der Waals surface area contributed by atoms with Gasteiger partial charge in [-0.15, -0.1) is 0 Å². The first-order valence-corrected chi connectivity index (χ1v) is 12.9. The SMILES string of the molecule is CC1(C)[C@@H]2CC[C@@]1(CS(=O)[C@@]13C(=O)N(Cc4ccccc4)C(=O)[C@@H]1[C@H]1C=C[C@@H]3O1)[C@H](O)C2. The van der Waals surface area contributed by atoms with Gasteiger partial charge in [-0.2, -0.15) is 0 Å². The minimum Gasteiger partial charge on any atom is -0.392 e. The molecule has 2 saturated carbocycles. The van der Waals surface area contributed by atoms with Crippen LogP contribution in [0.4, 0.5) is 0 Å². The smallest absolute Gasteiger partial charge is 0.252 e. The monoisotopic (exact) mass is 455 g/mol. The fourth-order valence-corrected chi connectivity index (χ4v) is 10.0. The molecule has 7 heteroatoms. The Bertz CT molecular complexity index is 1050. The molecule has 0 radical (unpaired) electrons. The molecular formula is C25H29NO5S. The van der Waals surface area contributed by atoms with Crippen molar-refractivity contribution in [3.63, 3.8) is 0 Å². The highest BCUT2D eigenvalue weighted by Crippen LogP contribution is 2.67. The molecule has 0 aromatic heterocycles. The van der Waals surface area contributed by atoms with E-state index < -0.39 is 45.2 Å². The van der Waals surface area contributed by atoms with Crippen LogP contribution in [0.25, 0.3) is 0 Å². The molecule has 170 valence electrons. The second-order valence-corrected chi connectivity index (χ2v) is 12.4. The van der Waals surface area contributed by atoms with Crippen LogP contribution < -0.4 is 0 Å². The number of aliphatic hydroxyl groups is 1. The van der Waals surface area contributed by atoms with Crippen LogP contribution in [-0.4, -0.2) is 54.8 Å². The van der Waals surface area contributed by atoms with Crippen LogP contribution in [0.2, 0.25) is 0 Å². The van der Waals surface area contributed by atoms with Gasteiger partial charge in [-0.05, 0) is 36.2 Å². The Balaban J connectivity index is 1.38. The molecule has 2 saturated heterocycles. The number of carbonyl (C=O) groups excluding carboxylic acids is 2. The highest BCUT2D eigenvalue weighted by molar-refractivity contribution is 7.87. The van der Waals surface area contributed by atoms with Crippen molar-refractivity contribution < 1.29 is 23.6 Å². The predicted molar refractivity (Wildman–Crippen MR) is 119 cm³/mol. The van der Waals surface area contributed by atoms with Gasteiger partial charge in [0.15, 0.2) is 4.75 Å². The normalized spacial score (nSPS) is 44.0. The first-order chi connectivity index (χ1) is 15.2. The minimum absolute atomic E-state index is 0.155. The molecule has 3 aliphatic heterocycles. The summed E-state index contributed by atoms with van der Waals surface area (Å²) in [6.07, 6.45) is 4.46. The molecule has 2 amide bonds. The van der Waals surface area contributed by atoms with Crippen LogP contribution >= 0.6 is 0 Å². The number of fused-ring (bicyclic) bond motifs is 7. The number of hydrogen-bond donors (Lipinski definition) is 1. The van der Waals surface area contributed by atoms with Crippen LogP contribution in [0.1, 0.15) is 38.7 Å². The van der Waals surface area contributed by atoms with E-state index in [4.69, 9.17) is 4.74 Å². The third-order valence-corrected chi connectivity index (χ3v) is 11.6. The molecule has 1 aromatic carbocycles. The van der Waals surface area contributed by atoms with E-state index in [0.29, 0.717) is 5.92 Å². The summed E-state index contributed by atoms with van der Waals surface area (Å²) in [5, 5.41) is 11.0. The molecule has 6 nitrogen and oxygen atoms in total. The highest BCUT2D eigenvalue weighted by atomic mass is 32.2. The molecule has 4 bridgehead atoms. The number of nitrogens with zero attached hydrogens (tertiary/aromatic N) is 1. The summed E-state index contributed by atoms with van der Waals surface area (Å²) in [5.41, 5.74) is 0.211. The number of imide groups is 1. The molecule has 2 aliphatic carbocycles. The Morgan fingerprint density at radius 2 is 1.94 bits per heavy atom. The molecule has 6 rings (SSSR count). The molecule has 1 aromatic rings. The molecular weight excluding hydrogens is 426 g/mol. The van der Waals surface area contributed by atoms with Gasteiger partial charge in [0.1, 0.15) is 6.10 Å². The molecule has 3 heterocycles. The van der Waals surface area contributed by atoms with Crippen molar-refractivity contribution in [1.82, 2.24) is 4.90 Å². The lowest BCUT2D eigenvalue weighted by molar-refractivity contribution is -0.142. The van der Waals surface area contributed by atoms with E-state index in [1.807, 2.05) is 42.5 Å². The zero-order valence-electron chi connectivity index (χ0n) is 18.4. The second-order valence-electron chi connectivity index (χ2n) is 10.7. The van der Waals surface area contributed by atoms with Gasteiger partial charge in [-0.25, -0.2) is 0 Å². The van der Waals surface area contributed by atoms with Gasteiger partial charge in [0.05, 0.1) is 24.7 Å². The predicted octanol–water partition coefficient (Wildman–Crippen LogP) is 2.18. The van der Waals surface area contributed by atoms with Crippen molar-refractivity contribution in [3.05, 3.63) is 48.0 Å². The van der Waals surface area contributed by atoms with Crippen LogP contribution in [0.5, 0.6) is 0 Å². The first-order valence-electron chi connectivity index (χ1n) is 11.5. The number of likely N-dealkylation sites (tertiary alicyclic amines) is 1. The van der Waals surface area contributed by atoms with Crippen molar-refractivity contribution in [2.24, 2.45) is 22.7 Å². The molecule has 4 fully saturated rings. The van der Waals surface area contributed by atoms with Crippen LogP contribution in [0.3, 0.4) is 0 Å². The van der Waals surface area contributed by atoms with Crippen molar-refractivity contribution in [1.29, 1.82) is 0 Å². The fourth-order valence-electron chi connectivity index (χ4n) is 7.40. The molecule has 5 aliphatic rings. The summed E-state index contributed by atoms with van der Waals surface area (Å²) in [5.74, 6) is -0.814. The zero-order valence-corrected chi connectivity index (χ0v) is 19.2. The number of ether oxygens (including phenoxy) is 1. The quantitative estimate of drug-likeness (QED) is 0.544. The summed E-state index contributed by atoms with van der Waals surface area (Å²) in [6, 6.07) is 9.42. The van der Waals surface area contributed by atoms with E-state index in [1.165, 1.54) is 4.90 Å². The van der Waals surface area contributed by atoms with Crippen molar-refractivity contribution >= 4 is 22.6 Å². The Morgan fingerprint density at radius 3 is 2.59 bits per heavy atom. The number of rotatable bonds is 5. The Morgan fingerprint density at radius 1 is 1.19 bits per heavy atom. The van der Waals surface area contributed by atoms with E-state index in [0.717, 1.165) is 24.8 Å². The van der Waals surface area contributed by atoms with Crippen LogP contribution in [0, 0.1) is 22.7 Å². The maximum atomic E-state index is 14.3. The second kappa shape index (κ2) is 6.61. The van der Waals surface area contributed by atoms with E-state index in [1.54, 1.807) is 0 Å². The lowest BCUT2D eigenvalue weighted by Gasteiger charge is -2.42. The standard InChI is InChI=1S/C25H29NO5S/c1-23(2)16-10-11-24(23,18(27)12-16)14-32(30)25-19-9-8-17(31-19)20(25)21(28)26(22(25)29)13-15-6-4-3-5-7-15/h3-9,16-20,27H,10-14H2,1-2H3/t16-,17-,18-,19+,20+,24-,25-,32?/m1/s1. The summed E-state index contributed by atoms with van der Waals surface area (Å²) < 4.78 is 18.8. The maximum absolute atomic E-state index is 14.3. The minimum atomic E-state index is -1.67. The van der Waals surface area contributed by atoms with Gasteiger partial charge in [0.2, 0.25) is 5.91 Å². The van der Waals surface area contributed by atoms with E-state index in [-0.39, 0.29) is 29.5 Å². The average Bonchev–Trinajstić information content (AvgIpc) is 3.52. The third-order valence-electron chi connectivity index (χ3n) is 9.44. The average molecular weight is 456 g/mol. The van der Waals surface area contributed by atoms with Gasteiger partial charge in [0, 0.05) is 22.0 Å². The lowest BCUT2D eigenvalue weighted by atomic mass is 9.70. The third kappa shape index (κ3) is 2.30. The Labute approximate surface area is 190 Å². The highest BCUT2D eigenvalue weighted by Gasteiger charge is 2.75. The van der Waals surface area contributed by atoms with E-state index in [2.05, 4.69) is 13.8 Å². The first kappa shape index (κ1) is 20.8. The molecule has 8 atom stereocenters. The summed E-state index contributed by atoms with van der Waals surface area (Å²) in [6.45, 7) is 4.50. The summed E-state index contributed by atoms with van der Waals surface area (Å²) >= 11 is 0. The lowest BCUT2D eigenvalue weighted by Crippen LogP contribution is -2.57. The molecule has 1 unspecified atom stereocenters. The molecule has 0 spiro atoms. The van der Waals surface area contributed by atoms with E-state index in [9.17, 15) is 18.9 Å². The van der Waals surface area contributed by atoms with Gasteiger partial charge in [0.25, 0.3) is 5.91 Å². The van der Waals surface area contributed by atoms with Crippen molar-refractivity contribution in [2.75, 3.05) is 5.75 Å². The largest absolute Gasteiger partial charge is 0.392 e. The number of benzene rings is 1. The summed E-state index contributed by atoms with van der Waals surface area (Å²) in [7, 11) is -1.67. The Hall–Kier alpha value is -1.83. The van der Waals surface area contributed by atoms with Gasteiger partial charge in [-0.1, -0.05) is 56.3 Å². The fraction of sp³-hybridized carbons (Fsp3) is 0.600. The number of carbonyl (C=O) groups is 2. The maximum Gasteiger partial charge on any atom is 0.252 e. The summed E-state index contributed by atoms with van der Waals surface area (Å²) in [4.78, 5) is 28.7. The van der Waals surface area contributed by atoms with Gasteiger partial charge < -0.3 is 9.84 Å². The van der Waals surface area contributed by atoms with E-state index >= 15 is 0 Å². The number of aliphatic hydroxyl groups excluding tert-OH is 1.